The SMILES string of the molecule is CCc1ccc(-c2c(OC(F)F)ccc3cccnc23)c(N)n1. The minimum absolute atomic E-state index is 0.0314. The molecule has 0 atom stereocenters. The minimum Gasteiger partial charge on any atom is -0.434 e. The highest BCUT2D eigenvalue weighted by Crippen LogP contribution is 2.39. The Morgan fingerprint density at radius 3 is 2.70 bits per heavy atom. The number of pyridine rings is 2. The molecule has 0 bridgehead atoms. The van der Waals surface area contributed by atoms with E-state index in [-0.39, 0.29) is 11.6 Å². The van der Waals surface area contributed by atoms with Crippen LogP contribution in [0.15, 0.2) is 42.6 Å². The third-order valence-corrected chi connectivity index (χ3v) is 3.57. The van der Waals surface area contributed by atoms with Crippen LogP contribution < -0.4 is 10.5 Å². The van der Waals surface area contributed by atoms with Crippen molar-refractivity contribution < 1.29 is 13.5 Å². The number of aromatic nitrogens is 2. The molecule has 0 fully saturated rings. The van der Waals surface area contributed by atoms with E-state index in [1.807, 2.05) is 19.1 Å². The number of hydrogen-bond acceptors (Lipinski definition) is 4. The molecule has 2 N–H and O–H groups in total. The molecule has 0 amide bonds. The van der Waals surface area contributed by atoms with Crippen molar-refractivity contribution in [2.75, 3.05) is 5.73 Å². The van der Waals surface area contributed by atoms with E-state index in [1.54, 1.807) is 24.4 Å². The second-order valence-electron chi connectivity index (χ2n) is 4.98. The van der Waals surface area contributed by atoms with Crippen LogP contribution in [0.2, 0.25) is 0 Å². The second-order valence-corrected chi connectivity index (χ2v) is 4.98. The standard InChI is InChI=1S/C17H15F2N3O/c1-2-11-6-7-12(16(20)22-11)14-13(23-17(18)19)8-5-10-4-3-9-21-15(10)14/h3-9,17H,2H2,1H3,(H2,20,22). The lowest BCUT2D eigenvalue weighted by Gasteiger charge is -2.15. The van der Waals surface area contributed by atoms with E-state index >= 15 is 0 Å². The van der Waals surface area contributed by atoms with Gasteiger partial charge in [-0.3, -0.25) is 4.98 Å². The molecule has 23 heavy (non-hydrogen) atoms. The Balaban J connectivity index is 2.28. The summed E-state index contributed by atoms with van der Waals surface area (Å²) in [4.78, 5) is 8.60. The Morgan fingerprint density at radius 2 is 2.00 bits per heavy atom. The summed E-state index contributed by atoms with van der Waals surface area (Å²) in [5.41, 5.74) is 8.37. The number of ether oxygens (including phenoxy) is 1. The predicted octanol–water partition coefficient (Wildman–Crippen LogP) is 4.04. The summed E-state index contributed by atoms with van der Waals surface area (Å²) < 4.78 is 30.2. The molecule has 0 aliphatic carbocycles. The number of fused-ring (bicyclic) bond motifs is 1. The van der Waals surface area contributed by atoms with E-state index in [0.29, 0.717) is 16.6 Å². The third kappa shape index (κ3) is 2.92. The summed E-state index contributed by atoms with van der Waals surface area (Å²) in [7, 11) is 0. The zero-order chi connectivity index (χ0) is 16.4. The molecule has 0 aliphatic heterocycles. The number of hydrogen-bond donors (Lipinski definition) is 1. The van der Waals surface area contributed by atoms with Gasteiger partial charge in [-0.2, -0.15) is 8.78 Å². The van der Waals surface area contributed by atoms with Crippen LogP contribution in [0.25, 0.3) is 22.0 Å². The first-order valence-electron chi connectivity index (χ1n) is 7.18. The first-order chi connectivity index (χ1) is 11.1. The number of alkyl halides is 2. The second kappa shape index (κ2) is 6.16. The number of nitrogen functional groups attached to an aromatic ring is 1. The van der Waals surface area contributed by atoms with Gasteiger partial charge in [-0.05, 0) is 36.8 Å². The van der Waals surface area contributed by atoms with Crippen LogP contribution in [0.5, 0.6) is 5.75 Å². The number of nitrogens with zero attached hydrogens (tertiary/aromatic N) is 2. The molecule has 4 nitrogen and oxygen atoms in total. The van der Waals surface area contributed by atoms with Crippen LogP contribution in [0.3, 0.4) is 0 Å². The van der Waals surface area contributed by atoms with Crippen molar-refractivity contribution in [2.24, 2.45) is 0 Å². The lowest BCUT2D eigenvalue weighted by molar-refractivity contribution is -0.0493. The van der Waals surface area contributed by atoms with Gasteiger partial charge in [-0.15, -0.1) is 0 Å². The maximum absolute atomic E-state index is 12.7. The summed E-state index contributed by atoms with van der Waals surface area (Å²) in [6.45, 7) is -0.967. The zero-order valence-electron chi connectivity index (χ0n) is 12.5. The van der Waals surface area contributed by atoms with Crippen molar-refractivity contribution >= 4 is 16.7 Å². The fraction of sp³-hybridized carbons (Fsp3) is 0.176. The number of rotatable bonds is 4. The Bertz CT molecular complexity index is 852. The average molecular weight is 315 g/mol. The number of anilines is 1. The molecule has 0 spiro atoms. The van der Waals surface area contributed by atoms with Gasteiger partial charge in [0.2, 0.25) is 0 Å². The summed E-state index contributed by atoms with van der Waals surface area (Å²) in [5.74, 6) is 0.297. The summed E-state index contributed by atoms with van der Waals surface area (Å²) in [5, 5.41) is 0.808. The molecule has 2 aromatic heterocycles. The van der Waals surface area contributed by atoms with E-state index in [9.17, 15) is 8.78 Å². The van der Waals surface area contributed by atoms with Gasteiger partial charge in [0.05, 0.1) is 11.1 Å². The van der Waals surface area contributed by atoms with Crippen molar-refractivity contribution in [3.05, 3.63) is 48.3 Å². The van der Waals surface area contributed by atoms with E-state index in [4.69, 9.17) is 5.73 Å². The first kappa shape index (κ1) is 15.1. The Kier molecular flexibility index (Phi) is 4.06. The fourth-order valence-electron chi connectivity index (χ4n) is 2.51. The highest BCUT2D eigenvalue weighted by Gasteiger charge is 2.18. The molecule has 0 radical (unpaired) electrons. The summed E-state index contributed by atoms with van der Waals surface area (Å²) in [6.07, 6.45) is 2.33. The largest absolute Gasteiger partial charge is 0.434 e. The summed E-state index contributed by atoms with van der Waals surface area (Å²) in [6, 6.07) is 10.4. The van der Waals surface area contributed by atoms with Crippen LogP contribution in [0.4, 0.5) is 14.6 Å². The van der Waals surface area contributed by atoms with Gasteiger partial charge in [0.25, 0.3) is 0 Å². The van der Waals surface area contributed by atoms with Gasteiger partial charge in [0.1, 0.15) is 11.6 Å². The molecule has 2 heterocycles. The van der Waals surface area contributed by atoms with Crippen LogP contribution in [-0.2, 0) is 6.42 Å². The molecule has 6 heteroatoms. The highest BCUT2D eigenvalue weighted by molar-refractivity contribution is 5.99. The monoisotopic (exact) mass is 315 g/mol. The van der Waals surface area contributed by atoms with Gasteiger partial charge >= 0.3 is 6.61 Å². The van der Waals surface area contributed by atoms with E-state index in [1.165, 1.54) is 6.07 Å². The topological polar surface area (TPSA) is 61.0 Å². The van der Waals surface area contributed by atoms with E-state index in [0.717, 1.165) is 17.5 Å². The fourth-order valence-corrected chi connectivity index (χ4v) is 2.51. The van der Waals surface area contributed by atoms with Crippen molar-refractivity contribution in [1.82, 2.24) is 9.97 Å². The minimum atomic E-state index is -2.93. The van der Waals surface area contributed by atoms with E-state index < -0.39 is 6.61 Å². The Hall–Kier alpha value is -2.76. The normalized spacial score (nSPS) is 11.1. The average Bonchev–Trinajstić information content (AvgIpc) is 2.54. The molecule has 0 unspecified atom stereocenters. The zero-order valence-corrected chi connectivity index (χ0v) is 12.5. The van der Waals surface area contributed by atoms with Crippen LogP contribution in [-0.4, -0.2) is 16.6 Å². The Labute approximate surface area is 131 Å². The van der Waals surface area contributed by atoms with Crippen molar-refractivity contribution in [3.8, 4) is 16.9 Å². The third-order valence-electron chi connectivity index (χ3n) is 3.57. The van der Waals surface area contributed by atoms with Gasteiger partial charge in [-0.1, -0.05) is 13.0 Å². The van der Waals surface area contributed by atoms with Gasteiger partial charge in [0.15, 0.2) is 0 Å². The van der Waals surface area contributed by atoms with Crippen molar-refractivity contribution in [1.29, 1.82) is 0 Å². The van der Waals surface area contributed by atoms with Crippen LogP contribution in [0, 0.1) is 0 Å². The van der Waals surface area contributed by atoms with E-state index in [2.05, 4.69) is 14.7 Å². The van der Waals surface area contributed by atoms with Gasteiger partial charge in [0, 0.05) is 22.8 Å². The van der Waals surface area contributed by atoms with Crippen molar-refractivity contribution in [3.63, 3.8) is 0 Å². The highest BCUT2D eigenvalue weighted by atomic mass is 19.3. The first-order valence-corrected chi connectivity index (χ1v) is 7.18. The molecule has 3 aromatic rings. The van der Waals surface area contributed by atoms with Crippen LogP contribution in [0.1, 0.15) is 12.6 Å². The Morgan fingerprint density at radius 1 is 1.17 bits per heavy atom. The number of nitrogens with two attached hydrogens (primary N) is 1. The van der Waals surface area contributed by atoms with Crippen LogP contribution >= 0.6 is 0 Å². The number of benzene rings is 1. The maximum Gasteiger partial charge on any atom is 0.387 e. The molecular formula is C17H15F2N3O. The number of halogens is 2. The van der Waals surface area contributed by atoms with Gasteiger partial charge < -0.3 is 10.5 Å². The smallest absolute Gasteiger partial charge is 0.387 e. The quantitative estimate of drug-likeness (QED) is 0.789. The molecule has 0 aliphatic rings. The summed E-state index contributed by atoms with van der Waals surface area (Å²) >= 11 is 0. The lowest BCUT2D eigenvalue weighted by atomic mass is 10.0. The van der Waals surface area contributed by atoms with Gasteiger partial charge in [-0.25, -0.2) is 4.98 Å². The van der Waals surface area contributed by atoms with Crippen molar-refractivity contribution in [2.45, 2.75) is 20.0 Å². The molecular weight excluding hydrogens is 300 g/mol. The molecule has 0 saturated heterocycles. The molecule has 1 aromatic carbocycles. The number of aryl methyl sites for hydroxylation is 1. The molecule has 0 saturated carbocycles. The lowest BCUT2D eigenvalue weighted by Crippen LogP contribution is -2.05. The molecule has 3 rings (SSSR count). The maximum atomic E-state index is 12.7. The molecule has 118 valence electrons. The predicted molar refractivity (Wildman–Crippen MR) is 85.4 cm³/mol.